The molecule has 0 radical (unpaired) electrons. The van der Waals surface area contributed by atoms with Gasteiger partial charge in [0.1, 0.15) is 0 Å². The molecule has 0 bridgehead atoms. The Bertz CT molecular complexity index is 676. The molecule has 0 saturated carbocycles. The van der Waals surface area contributed by atoms with E-state index in [2.05, 4.69) is 17.2 Å². The summed E-state index contributed by atoms with van der Waals surface area (Å²) < 4.78 is 26.2. The molecule has 1 amide bonds. The van der Waals surface area contributed by atoms with Gasteiger partial charge in [0.2, 0.25) is 5.91 Å². The zero-order valence-corrected chi connectivity index (χ0v) is 14.6. The molecule has 0 aliphatic rings. The molecule has 1 aromatic carbocycles. The third-order valence-electron chi connectivity index (χ3n) is 3.18. The van der Waals surface area contributed by atoms with Crippen LogP contribution in [0.4, 0.5) is 13.9 Å². The van der Waals surface area contributed by atoms with Gasteiger partial charge in [0.25, 0.3) is 0 Å². The maximum absolute atomic E-state index is 13.3. The summed E-state index contributed by atoms with van der Waals surface area (Å²) in [7, 11) is 0. The number of aromatic nitrogens is 1. The Kier molecular flexibility index (Phi) is 6.53. The fourth-order valence-electron chi connectivity index (χ4n) is 1.81. The zero-order chi connectivity index (χ0) is 16.8. The van der Waals surface area contributed by atoms with Gasteiger partial charge >= 0.3 is 0 Å². The Balaban J connectivity index is 1.99. The molecule has 0 aliphatic heterocycles. The fraction of sp³-hybridized carbons (Fsp3) is 0.375. The van der Waals surface area contributed by atoms with Crippen LogP contribution in [0.2, 0.25) is 0 Å². The summed E-state index contributed by atoms with van der Waals surface area (Å²) in [6.07, 6.45) is 2.19. The molecule has 1 N–H and O–H groups in total. The Morgan fingerprint density at radius 1 is 1.39 bits per heavy atom. The van der Waals surface area contributed by atoms with Gasteiger partial charge in [-0.1, -0.05) is 13.3 Å². The van der Waals surface area contributed by atoms with Crippen molar-refractivity contribution in [1.29, 1.82) is 0 Å². The molecule has 0 saturated heterocycles. The van der Waals surface area contributed by atoms with Gasteiger partial charge in [-0.25, -0.2) is 13.8 Å². The average molecular weight is 356 g/mol. The second-order valence-electron chi connectivity index (χ2n) is 5.02. The van der Waals surface area contributed by atoms with E-state index in [4.69, 9.17) is 0 Å². The van der Waals surface area contributed by atoms with Crippen molar-refractivity contribution >= 4 is 34.1 Å². The Morgan fingerprint density at radius 2 is 2.17 bits per heavy atom. The minimum Gasteiger partial charge on any atom is -0.301 e. The maximum atomic E-state index is 13.3. The zero-order valence-electron chi connectivity index (χ0n) is 12.9. The van der Waals surface area contributed by atoms with E-state index in [1.807, 2.05) is 6.92 Å². The van der Waals surface area contributed by atoms with Crippen LogP contribution in [0.25, 0.3) is 11.3 Å². The van der Waals surface area contributed by atoms with Crippen molar-refractivity contribution in [2.24, 2.45) is 0 Å². The van der Waals surface area contributed by atoms with Crippen LogP contribution in [0.3, 0.4) is 0 Å². The number of amides is 1. The number of nitrogens with one attached hydrogen (secondary N) is 1. The number of benzene rings is 1. The summed E-state index contributed by atoms with van der Waals surface area (Å²) in [5, 5.41) is 4.77. The molecule has 2 aromatic rings. The van der Waals surface area contributed by atoms with Gasteiger partial charge in [-0.15, -0.1) is 23.1 Å². The van der Waals surface area contributed by atoms with Crippen molar-refractivity contribution in [3.05, 3.63) is 35.2 Å². The van der Waals surface area contributed by atoms with E-state index in [1.165, 1.54) is 17.4 Å². The van der Waals surface area contributed by atoms with E-state index < -0.39 is 11.6 Å². The molecular weight excluding hydrogens is 338 g/mol. The standard InChI is InChI=1S/C16H18F2N2OS2/c1-3-4-7-22-10(2)15(21)20-16-19-14(9-23-16)11-5-6-12(17)13(18)8-11/h5-6,8-10H,3-4,7H2,1-2H3,(H,19,20,21). The minimum absolute atomic E-state index is 0.0997. The Labute approximate surface area is 142 Å². The summed E-state index contributed by atoms with van der Waals surface area (Å²) in [6, 6.07) is 3.62. The van der Waals surface area contributed by atoms with Gasteiger partial charge in [-0.05, 0) is 37.3 Å². The highest BCUT2D eigenvalue weighted by atomic mass is 32.2. The number of halogens is 2. The molecule has 1 unspecified atom stereocenters. The topological polar surface area (TPSA) is 42.0 Å². The molecule has 7 heteroatoms. The van der Waals surface area contributed by atoms with Crippen LogP contribution in [0.1, 0.15) is 26.7 Å². The van der Waals surface area contributed by atoms with Crippen molar-refractivity contribution < 1.29 is 13.6 Å². The van der Waals surface area contributed by atoms with Gasteiger partial charge in [0.15, 0.2) is 16.8 Å². The van der Waals surface area contributed by atoms with Gasteiger partial charge < -0.3 is 5.32 Å². The van der Waals surface area contributed by atoms with Crippen molar-refractivity contribution in [1.82, 2.24) is 4.98 Å². The smallest absolute Gasteiger partial charge is 0.238 e. The van der Waals surface area contributed by atoms with Crippen LogP contribution in [-0.2, 0) is 4.79 Å². The lowest BCUT2D eigenvalue weighted by Gasteiger charge is -2.09. The SMILES string of the molecule is CCCCSC(C)C(=O)Nc1nc(-c2ccc(F)c(F)c2)cs1. The van der Waals surface area contributed by atoms with Gasteiger partial charge in [0.05, 0.1) is 10.9 Å². The molecule has 3 nitrogen and oxygen atoms in total. The largest absolute Gasteiger partial charge is 0.301 e. The Morgan fingerprint density at radius 3 is 2.87 bits per heavy atom. The number of carbonyl (C=O) groups excluding carboxylic acids is 1. The van der Waals surface area contributed by atoms with Crippen LogP contribution < -0.4 is 5.32 Å². The second kappa shape index (κ2) is 8.40. The summed E-state index contributed by atoms with van der Waals surface area (Å²) in [5.74, 6) is -0.960. The monoisotopic (exact) mass is 356 g/mol. The van der Waals surface area contributed by atoms with E-state index in [9.17, 15) is 13.6 Å². The van der Waals surface area contributed by atoms with Crippen molar-refractivity contribution in [2.45, 2.75) is 31.9 Å². The Hall–Kier alpha value is -1.47. The highest BCUT2D eigenvalue weighted by molar-refractivity contribution is 8.00. The van der Waals surface area contributed by atoms with Crippen LogP contribution in [0, 0.1) is 11.6 Å². The number of nitrogens with zero attached hydrogens (tertiary/aromatic N) is 1. The first-order valence-electron chi connectivity index (χ1n) is 7.34. The number of hydrogen-bond acceptors (Lipinski definition) is 4. The summed E-state index contributed by atoms with van der Waals surface area (Å²) in [5.41, 5.74) is 0.988. The van der Waals surface area contributed by atoms with Crippen LogP contribution in [-0.4, -0.2) is 21.9 Å². The van der Waals surface area contributed by atoms with E-state index in [1.54, 1.807) is 17.1 Å². The van der Waals surface area contributed by atoms with Crippen LogP contribution in [0.5, 0.6) is 0 Å². The summed E-state index contributed by atoms with van der Waals surface area (Å²) >= 11 is 2.87. The summed E-state index contributed by atoms with van der Waals surface area (Å²) in [4.78, 5) is 16.3. The molecule has 23 heavy (non-hydrogen) atoms. The minimum atomic E-state index is -0.915. The number of unbranched alkanes of at least 4 members (excludes halogenated alkanes) is 1. The lowest BCUT2D eigenvalue weighted by Crippen LogP contribution is -2.22. The molecule has 1 atom stereocenters. The third-order valence-corrected chi connectivity index (χ3v) is 5.18. The first-order valence-corrected chi connectivity index (χ1v) is 9.27. The average Bonchev–Trinajstić information content (AvgIpc) is 2.98. The van der Waals surface area contributed by atoms with E-state index >= 15 is 0 Å². The van der Waals surface area contributed by atoms with E-state index in [0.29, 0.717) is 16.4 Å². The van der Waals surface area contributed by atoms with Gasteiger partial charge in [-0.3, -0.25) is 4.79 Å². The molecule has 1 heterocycles. The quantitative estimate of drug-likeness (QED) is 0.714. The molecule has 0 aliphatic carbocycles. The lowest BCUT2D eigenvalue weighted by atomic mass is 10.2. The van der Waals surface area contributed by atoms with Gasteiger partial charge in [-0.2, -0.15) is 0 Å². The molecule has 0 fully saturated rings. The molecule has 2 rings (SSSR count). The van der Waals surface area contributed by atoms with Crippen molar-refractivity contribution in [2.75, 3.05) is 11.1 Å². The number of thioether (sulfide) groups is 1. The van der Waals surface area contributed by atoms with E-state index in [0.717, 1.165) is 30.7 Å². The van der Waals surface area contributed by atoms with Crippen molar-refractivity contribution in [3.63, 3.8) is 0 Å². The number of anilines is 1. The molecule has 124 valence electrons. The summed E-state index contributed by atoms with van der Waals surface area (Å²) in [6.45, 7) is 3.97. The van der Waals surface area contributed by atoms with Crippen LogP contribution >= 0.6 is 23.1 Å². The third kappa shape index (κ3) is 5.00. The predicted octanol–water partition coefficient (Wildman–Crippen LogP) is 4.95. The lowest BCUT2D eigenvalue weighted by molar-refractivity contribution is -0.115. The maximum Gasteiger partial charge on any atom is 0.238 e. The normalized spacial score (nSPS) is 12.2. The van der Waals surface area contributed by atoms with Crippen molar-refractivity contribution in [3.8, 4) is 11.3 Å². The van der Waals surface area contributed by atoms with Gasteiger partial charge in [0, 0.05) is 10.9 Å². The number of rotatable bonds is 7. The van der Waals surface area contributed by atoms with Crippen LogP contribution in [0.15, 0.2) is 23.6 Å². The molecular formula is C16H18F2N2OS2. The first kappa shape index (κ1) is 17.9. The number of thiazole rings is 1. The highest BCUT2D eigenvalue weighted by Gasteiger charge is 2.15. The molecule has 0 spiro atoms. The first-order chi connectivity index (χ1) is 11.0. The predicted molar refractivity (Wildman–Crippen MR) is 92.9 cm³/mol. The second-order valence-corrected chi connectivity index (χ2v) is 7.33. The van der Waals surface area contributed by atoms with E-state index in [-0.39, 0.29) is 11.2 Å². The number of hydrogen-bond donors (Lipinski definition) is 1. The fourth-order valence-corrected chi connectivity index (χ4v) is 3.55. The highest BCUT2D eigenvalue weighted by Crippen LogP contribution is 2.26. The number of carbonyl (C=O) groups is 1. The molecule has 1 aromatic heterocycles.